The Bertz CT molecular complexity index is 847. The zero-order valence-corrected chi connectivity index (χ0v) is 14.6. The molecule has 1 fully saturated rings. The van der Waals surface area contributed by atoms with Crippen LogP contribution in [0.5, 0.6) is 0 Å². The molecular formula is C19H21N3O4. The third-order valence-electron chi connectivity index (χ3n) is 4.36. The van der Waals surface area contributed by atoms with Crippen molar-refractivity contribution in [3.05, 3.63) is 70.1 Å². The number of hydrogen-bond donors (Lipinski definition) is 1. The van der Waals surface area contributed by atoms with Gasteiger partial charge in [0.1, 0.15) is 12.2 Å². The van der Waals surface area contributed by atoms with Gasteiger partial charge in [-0.05, 0) is 24.1 Å². The van der Waals surface area contributed by atoms with Crippen LogP contribution in [-0.4, -0.2) is 40.6 Å². The molecule has 0 radical (unpaired) electrons. The number of amides is 2. The van der Waals surface area contributed by atoms with Crippen molar-refractivity contribution in [2.75, 3.05) is 13.1 Å². The molecule has 2 amide bonds. The van der Waals surface area contributed by atoms with E-state index in [1.807, 2.05) is 30.3 Å². The summed E-state index contributed by atoms with van der Waals surface area (Å²) in [6.45, 7) is 1.04. The van der Waals surface area contributed by atoms with Gasteiger partial charge in [-0.3, -0.25) is 9.59 Å². The molecule has 1 aromatic carbocycles. The number of likely N-dealkylation sites (tertiary alicyclic amines) is 1. The van der Waals surface area contributed by atoms with Crippen LogP contribution in [0.3, 0.4) is 0 Å². The zero-order valence-electron chi connectivity index (χ0n) is 14.6. The fourth-order valence-corrected chi connectivity index (χ4v) is 2.92. The summed E-state index contributed by atoms with van der Waals surface area (Å²) in [6, 6.07) is 12.4. The smallest absolute Gasteiger partial charge is 0.407 e. The molecular weight excluding hydrogens is 334 g/mol. The Morgan fingerprint density at radius 3 is 2.73 bits per heavy atom. The number of carbonyl (C=O) groups is 2. The first-order chi connectivity index (χ1) is 12.5. The topological polar surface area (TPSA) is 80.6 Å². The fourth-order valence-electron chi connectivity index (χ4n) is 2.92. The van der Waals surface area contributed by atoms with Crippen LogP contribution in [0.25, 0.3) is 0 Å². The number of hydrogen-bond acceptors (Lipinski definition) is 4. The average molecular weight is 355 g/mol. The Labute approximate surface area is 151 Å². The van der Waals surface area contributed by atoms with Gasteiger partial charge in [-0.1, -0.05) is 30.3 Å². The van der Waals surface area contributed by atoms with E-state index < -0.39 is 6.09 Å². The Morgan fingerprint density at radius 2 is 1.96 bits per heavy atom. The number of nitrogens with zero attached hydrogens (tertiary/aromatic N) is 2. The van der Waals surface area contributed by atoms with Crippen molar-refractivity contribution in [1.29, 1.82) is 0 Å². The molecule has 2 aromatic rings. The number of aromatic nitrogens is 1. The third kappa shape index (κ3) is 4.11. The van der Waals surface area contributed by atoms with Crippen LogP contribution in [0.4, 0.5) is 4.79 Å². The van der Waals surface area contributed by atoms with E-state index in [1.54, 1.807) is 24.2 Å². The van der Waals surface area contributed by atoms with Gasteiger partial charge < -0.3 is 19.5 Å². The van der Waals surface area contributed by atoms with E-state index in [4.69, 9.17) is 4.74 Å². The van der Waals surface area contributed by atoms with E-state index in [0.29, 0.717) is 19.5 Å². The maximum Gasteiger partial charge on any atom is 0.407 e. The second-order valence-corrected chi connectivity index (χ2v) is 6.28. The second-order valence-electron chi connectivity index (χ2n) is 6.28. The number of alkyl carbamates (subject to hydrolysis) is 1. The van der Waals surface area contributed by atoms with E-state index in [9.17, 15) is 14.4 Å². The average Bonchev–Trinajstić information content (AvgIpc) is 3.11. The molecule has 0 saturated carbocycles. The van der Waals surface area contributed by atoms with Crippen molar-refractivity contribution in [2.45, 2.75) is 19.1 Å². The third-order valence-corrected chi connectivity index (χ3v) is 4.36. The van der Waals surface area contributed by atoms with Gasteiger partial charge >= 0.3 is 6.09 Å². The minimum atomic E-state index is -0.510. The van der Waals surface area contributed by atoms with Crippen molar-refractivity contribution in [2.24, 2.45) is 7.05 Å². The Kier molecular flexibility index (Phi) is 5.36. The fraction of sp³-hybridized carbons (Fsp3) is 0.316. The first-order valence-corrected chi connectivity index (χ1v) is 8.47. The SMILES string of the molecule is Cn1cccc(C(=O)N2CCC(NC(=O)OCc3ccccc3)C2)c1=O. The molecule has 1 aliphatic rings. The van der Waals surface area contributed by atoms with Gasteiger partial charge in [0.15, 0.2) is 0 Å². The van der Waals surface area contributed by atoms with Gasteiger partial charge in [-0.25, -0.2) is 4.79 Å². The number of nitrogens with one attached hydrogen (secondary N) is 1. The molecule has 1 aromatic heterocycles. The number of carbonyl (C=O) groups excluding carboxylic acids is 2. The van der Waals surface area contributed by atoms with Crippen LogP contribution in [0.1, 0.15) is 22.3 Å². The first-order valence-electron chi connectivity index (χ1n) is 8.47. The summed E-state index contributed by atoms with van der Waals surface area (Å²) in [5.41, 5.74) is 0.726. The summed E-state index contributed by atoms with van der Waals surface area (Å²) >= 11 is 0. The highest BCUT2D eigenvalue weighted by molar-refractivity contribution is 5.94. The molecule has 2 heterocycles. The lowest BCUT2D eigenvalue weighted by Gasteiger charge is -2.17. The van der Waals surface area contributed by atoms with Crippen LogP contribution in [-0.2, 0) is 18.4 Å². The van der Waals surface area contributed by atoms with Crippen molar-refractivity contribution in [3.63, 3.8) is 0 Å². The molecule has 7 nitrogen and oxygen atoms in total. The second kappa shape index (κ2) is 7.86. The molecule has 7 heteroatoms. The molecule has 136 valence electrons. The van der Waals surface area contributed by atoms with Gasteiger partial charge in [0.25, 0.3) is 11.5 Å². The number of aryl methyl sites for hydroxylation is 1. The summed E-state index contributed by atoms with van der Waals surface area (Å²) in [7, 11) is 1.61. The number of benzene rings is 1. The summed E-state index contributed by atoms with van der Waals surface area (Å²) < 4.78 is 6.57. The molecule has 1 unspecified atom stereocenters. The van der Waals surface area contributed by atoms with Crippen LogP contribution in [0, 0.1) is 0 Å². The zero-order chi connectivity index (χ0) is 18.5. The molecule has 1 atom stereocenters. The van der Waals surface area contributed by atoms with E-state index in [-0.39, 0.29) is 29.7 Å². The van der Waals surface area contributed by atoms with Crippen LogP contribution < -0.4 is 10.9 Å². The summed E-state index contributed by atoms with van der Waals surface area (Å²) in [4.78, 5) is 38.1. The molecule has 1 aliphatic heterocycles. The number of ether oxygens (including phenoxy) is 1. The van der Waals surface area contributed by atoms with Crippen molar-refractivity contribution in [1.82, 2.24) is 14.8 Å². The maximum absolute atomic E-state index is 12.5. The summed E-state index contributed by atoms with van der Waals surface area (Å²) in [5.74, 6) is -0.312. The van der Waals surface area contributed by atoms with Crippen LogP contribution in [0.15, 0.2) is 53.5 Å². The minimum Gasteiger partial charge on any atom is -0.445 e. The van der Waals surface area contributed by atoms with Gasteiger partial charge in [-0.2, -0.15) is 0 Å². The number of rotatable bonds is 4. The monoisotopic (exact) mass is 355 g/mol. The van der Waals surface area contributed by atoms with Crippen LogP contribution >= 0.6 is 0 Å². The van der Waals surface area contributed by atoms with Crippen molar-refractivity contribution < 1.29 is 14.3 Å². The predicted molar refractivity (Wildman–Crippen MR) is 95.8 cm³/mol. The molecule has 26 heavy (non-hydrogen) atoms. The van der Waals surface area contributed by atoms with Crippen LogP contribution in [0.2, 0.25) is 0 Å². The lowest BCUT2D eigenvalue weighted by molar-refractivity contribution is 0.0784. The summed E-state index contributed by atoms with van der Waals surface area (Å²) in [5, 5.41) is 2.77. The van der Waals surface area contributed by atoms with Crippen molar-refractivity contribution in [3.8, 4) is 0 Å². The van der Waals surface area contributed by atoms with Crippen molar-refractivity contribution >= 4 is 12.0 Å². The molecule has 1 N–H and O–H groups in total. The Hall–Kier alpha value is -3.09. The highest BCUT2D eigenvalue weighted by atomic mass is 16.5. The predicted octanol–water partition coefficient (Wildman–Crippen LogP) is 1.53. The standard InChI is InChI=1S/C19H21N3O4/c1-21-10-5-8-16(17(21)23)18(24)22-11-9-15(12-22)20-19(25)26-13-14-6-3-2-4-7-14/h2-8,10,15H,9,11-13H2,1H3,(H,20,25). The Morgan fingerprint density at radius 1 is 1.19 bits per heavy atom. The first kappa shape index (κ1) is 17.7. The van der Waals surface area contributed by atoms with E-state index >= 15 is 0 Å². The van der Waals surface area contributed by atoms with Gasteiger partial charge in [-0.15, -0.1) is 0 Å². The summed E-state index contributed by atoms with van der Waals surface area (Å²) in [6.07, 6.45) is 1.72. The molecule has 0 aliphatic carbocycles. The van der Waals surface area contributed by atoms with E-state index in [2.05, 4.69) is 5.32 Å². The number of pyridine rings is 1. The minimum absolute atomic E-state index is 0.141. The van der Waals surface area contributed by atoms with Gasteiger partial charge in [0, 0.05) is 26.3 Å². The highest BCUT2D eigenvalue weighted by Gasteiger charge is 2.29. The van der Waals surface area contributed by atoms with Gasteiger partial charge in [0.2, 0.25) is 0 Å². The van der Waals surface area contributed by atoms with Gasteiger partial charge in [0.05, 0.1) is 6.04 Å². The largest absolute Gasteiger partial charge is 0.445 e. The lowest BCUT2D eigenvalue weighted by Crippen LogP contribution is -2.40. The quantitative estimate of drug-likeness (QED) is 0.902. The Balaban J connectivity index is 1.52. The molecule has 1 saturated heterocycles. The highest BCUT2D eigenvalue weighted by Crippen LogP contribution is 2.12. The van der Waals surface area contributed by atoms with E-state index in [0.717, 1.165) is 5.56 Å². The molecule has 0 spiro atoms. The maximum atomic E-state index is 12.5. The molecule has 3 rings (SSSR count). The lowest BCUT2D eigenvalue weighted by atomic mass is 10.2. The normalized spacial score (nSPS) is 16.3. The van der Waals surface area contributed by atoms with E-state index in [1.165, 1.54) is 10.6 Å². The molecule has 0 bridgehead atoms.